The van der Waals surface area contributed by atoms with E-state index in [1.807, 2.05) is 30.0 Å². The lowest BCUT2D eigenvalue weighted by Crippen LogP contribution is -2.23. The molecule has 0 spiro atoms. The zero-order chi connectivity index (χ0) is 28.7. The Kier molecular flexibility index (Phi) is 10.2. The van der Waals surface area contributed by atoms with Gasteiger partial charge in [0, 0.05) is 33.2 Å². The van der Waals surface area contributed by atoms with Crippen molar-refractivity contribution in [2.45, 2.75) is 52.2 Å². The number of aliphatic hydroxyl groups excluding tert-OH is 1. The maximum Gasteiger partial charge on any atom is 0.357 e. The number of nitrogens with zero attached hydrogens (tertiary/aromatic N) is 6. The summed E-state index contributed by atoms with van der Waals surface area (Å²) in [7, 11) is 0.143. The van der Waals surface area contributed by atoms with E-state index < -0.39 is 14.0 Å². The van der Waals surface area contributed by atoms with Crippen molar-refractivity contribution < 1.29 is 19.4 Å². The monoisotopic (exact) mass is 600 g/mol. The molecule has 4 aromatic rings. The first-order chi connectivity index (χ1) is 19.2. The summed E-state index contributed by atoms with van der Waals surface area (Å²) in [5.41, 5.74) is 2.17. The van der Waals surface area contributed by atoms with Crippen LogP contribution in [0.5, 0.6) is 0 Å². The highest BCUT2D eigenvalue weighted by Gasteiger charge is 2.19. The van der Waals surface area contributed by atoms with Crippen LogP contribution in [0.2, 0.25) is 25.7 Å². The molecule has 4 rings (SSSR count). The highest BCUT2D eigenvalue weighted by molar-refractivity contribution is 7.16. The average molecular weight is 601 g/mol. The minimum atomic E-state index is -1.19. The van der Waals surface area contributed by atoms with Crippen LogP contribution in [0.3, 0.4) is 0 Å². The number of carbonyl (C=O) groups is 1. The number of ether oxygens (including phenoxy) is 2. The van der Waals surface area contributed by atoms with Gasteiger partial charge in [0.15, 0.2) is 27.3 Å². The molecule has 13 heteroatoms. The van der Waals surface area contributed by atoms with Gasteiger partial charge in [-0.05, 0) is 49.6 Å². The van der Waals surface area contributed by atoms with E-state index in [1.165, 1.54) is 18.4 Å². The third-order valence-electron chi connectivity index (χ3n) is 6.14. The average Bonchev–Trinajstić information content (AvgIpc) is 3.54. The summed E-state index contributed by atoms with van der Waals surface area (Å²) in [5.74, 6) is 0.630. The molecular weight excluding hydrogens is 565 g/mol. The summed E-state index contributed by atoms with van der Waals surface area (Å²) in [5, 5.41) is 20.5. The van der Waals surface area contributed by atoms with E-state index >= 15 is 0 Å². The number of hydrogen-bond acceptors (Lipinski definition) is 11. The number of aromatic nitrogens is 4. The van der Waals surface area contributed by atoms with Crippen LogP contribution in [0.1, 0.15) is 28.9 Å². The van der Waals surface area contributed by atoms with Crippen molar-refractivity contribution in [2.24, 2.45) is 4.99 Å². The number of aryl methyl sites for hydroxylation is 1. The fourth-order valence-electron chi connectivity index (χ4n) is 3.84. The molecule has 0 saturated heterocycles. The minimum Gasteiger partial charge on any atom is -0.464 e. The summed E-state index contributed by atoms with van der Waals surface area (Å²) < 4.78 is 14.1. The number of thiazole rings is 2. The SMILES string of the molecule is COC(=O)c1csc(N(CCCCO)c2cc(C)c(N=c3sc4ccccc4n3COCC[Si](C)(C)C)nn2)n1. The number of anilines is 2. The molecule has 1 N–H and O–H groups in total. The molecule has 0 fully saturated rings. The van der Waals surface area contributed by atoms with Crippen molar-refractivity contribution >= 4 is 63.7 Å². The number of esters is 1. The third-order valence-corrected chi connectivity index (χ3v) is 9.76. The Labute approximate surface area is 243 Å². The Hall–Kier alpha value is -2.97. The number of hydrogen-bond donors (Lipinski definition) is 1. The second kappa shape index (κ2) is 13.6. The smallest absolute Gasteiger partial charge is 0.357 e. The Bertz CT molecular complexity index is 1510. The Morgan fingerprint density at radius 1 is 1.20 bits per heavy atom. The minimum absolute atomic E-state index is 0.0959. The summed E-state index contributed by atoms with van der Waals surface area (Å²) in [6.45, 7) is 10.8. The maximum atomic E-state index is 12.0. The second-order valence-electron chi connectivity index (χ2n) is 10.5. The number of aliphatic hydroxyl groups is 1. The van der Waals surface area contributed by atoms with E-state index in [9.17, 15) is 9.90 Å². The van der Waals surface area contributed by atoms with Crippen molar-refractivity contribution in [3.8, 4) is 0 Å². The standard InChI is InChI=1S/C27H36N6O4S2Si/c1-19-16-23(32(12-8-9-13-34)26-28-20(17-38-26)25(35)36-2)30-31-24(19)29-27-33(18-37-14-15-40(3,4)5)21-10-6-7-11-22(21)39-27/h6-7,10-11,16-17,34H,8-9,12-15,18H2,1-5H3. The van der Waals surface area contributed by atoms with Crippen molar-refractivity contribution in [3.05, 3.63) is 51.8 Å². The van der Waals surface area contributed by atoms with Crippen LogP contribution in [0, 0.1) is 6.92 Å². The molecule has 3 aromatic heterocycles. The van der Waals surface area contributed by atoms with Crippen LogP contribution >= 0.6 is 22.7 Å². The summed E-state index contributed by atoms with van der Waals surface area (Å²) >= 11 is 2.92. The predicted molar refractivity (Wildman–Crippen MR) is 163 cm³/mol. The molecule has 0 saturated carbocycles. The fraction of sp³-hybridized carbons (Fsp3) is 0.444. The number of para-hydroxylation sites is 1. The molecule has 0 aliphatic heterocycles. The van der Waals surface area contributed by atoms with Crippen molar-refractivity contribution in [2.75, 3.05) is 31.8 Å². The van der Waals surface area contributed by atoms with Crippen molar-refractivity contribution in [3.63, 3.8) is 0 Å². The van der Waals surface area contributed by atoms with Gasteiger partial charge in [0.25, 0.3) is 0 Å². The summed E-state index contributed by atoms with van der Waals surface area (Å²) in [6.07, 6.45) is 1.35. The van der Waals surface area contributed by atoms with Crippen LogP contribution in [-0.4, -0.2) is 65.8 Å². The van der Waals surface area contributed by atoms with Crippen LogP contribution < -0.4 is 9.70 Å². The highest BCUT2D eigenvalue weighted by atomic mass is 32.1. The van der Waals surface area contributed by atoms with Crippen molar-refractivity contribution in [1.29, 1.82) is 0 Å². The molecule has 214 valence electrons. The number of fused-ring (bicyclic) bond motifs is 1. The van der Waals surface area contributed by atoms with Gasteiger partial charge in [0.2, 0.25) is 0 Å². The van der Waals surface area contributed by atoms with Gasteiger partial charge in [0.05, 0.1) is 17.3 Å². The van der Waals surface area contributed by atoms with Gasteiger partial charge in [-0.1, -0.05) is 43.1 Å². The number of benzene rings is 1. The van der Waals surface area contributed by atoms with Crippen LogP contribution in [0.25, 0.3) is 10.2 Å². The lowest BCUT2D eigenvalue weighted by Gasteiger charge is -2.20. The van der Waals surface area contributed by atoms with Gasteiger partial charge in [-0.15, -0.1) is 21.5 Å². The molecule has 10 nitrogen and oxygen atoms in total. The van der Waals surface area contributed by atoms with E-state index in [4.69, 9.17) is 14.5 Å². The topological polar surface area (TPSA) is 115 Å². The molecule has 0 bridgehead atoms. The number of methoxy groups -OCH3 is 1. The van der Waals surface area contributed by atoms with Gasteiger partial charge in [-0.2, -0.15) is 4.99 Å². The summed E-state index contributed by atoms with van der Waals surface area (Å²) in [6, 6.07) is 11.2. The van der Waals surface area contributed by atoms with E-state index in [-0.39, 0.29) is 12.3 Å². The van der Waals surface area contributed by atoms with Gasteiger partial charge < -0.3 is 19.5 Å². The van der Waals surface area contributed by atoms with Gasteiger partial charge in [-0.25, -0.2) is 9.78 Å². The highest BCUT2D eigenvalue weighted by Crippen LogP contribution is 2.30. The predicted octanol–water partition coefficient (Wildman–Crippen LogP) is 5.50. The zero-order valence-electron chi connectivity index (χ0n) is 23.6. The Morgan fingerprint density at radius 2 is 2.00 bits per heavy atom. The molecule has 0 aliphatic rings. The molecule has 0 amide bonds. The zero-order valence-corrected chi connectivity index (χ0v) is 26.2. The Morgan fingerprint density at radius 3 is 2.73 bits per heavy atom. The van der Waals surface area contributed by atoms with Crippen LogP contribution in [0.4, 0.5) is 16.8 Å². The number of rotatable bonds is 13. The lowest BCUT2D eigenvalue weighted by molar-refractivity contribution is 0.0595. The van der Waals surface area contributed by atoms with Gasteiger partial charge >= 0.3 is 5.97 Å². The normalized spacial score (nSPS) is 12.3. The molecule has 40 heavy (non-hydrogen) atoms. The van der Waals surface area contributed by atoms with E-state index in [2.05, 4.69) is 51.5 Å². The van der Waals surface area contributed by atoms with Gasteiger partial charge in [0.1, 0.15) is 6.73 Å². The van der Waals surface area contributed by atoms with E-state index in [0.717, 1.165) is 39.7 Å². The molecule has 3 heterocycles. The third kappa shape index (κ3) is 7.60. The summed E-state index contributed by atoms with van der Waals surface area (Å²) in [4.78, 5) is 24.0. The largest absolute Gasteiger partial charge is 0.464 e. The quantitative estimate of drug-likeness (QED) is 0.122. The first-order valence-corrected chi connectivity index (χ1v) is 18.6. The van der Waals surface area contributed by atoms with E-state index in [0.29, 0.717) is 36.5 Å². The van der Waals surface area contributed by atoms with E-state index in [1.54, 1.807) is 16.7 Å². The molecule has 1 aromatic carbocycles. The molecular formula is C27H36N6O4S2Si. The van der Waals surface area contributed by atoms with Crippen molar-refractivity contribution in [1.82, 2.24) is 19.7 Å². The molecule has 0 unspecified atom stereocenters. The number of unbranched alkanes of at least 4 members (excludes halogenated alkanes) is 1. The lowest BCUT2D eigenvalue weighted by atomic mass is 10.2. The first kappa shape index (κ1) is 30.0. The molecule has 0 atom stereocenters. The van der Waals surface area contributed by atoms with Crippen LogP contribution in [0.15, 0.2) is 40.7 Å². The second-order valence-corrected chi connectivity index (χ2v) is 18.0. The maximum absolute atomic E-state index is 12.0. The Balaban J connectivity index is 1.65. The van der Waals surface area contributed by atoms with Crippen LogP contribution in [-0.2, 0) is 16.2 Å². The fourth-order valence-corrected chi connectivity index (χ4v) is 6.44. The molecule has 0 aliphatic carbocycles. The number of carbonyl (C=O) groups excluding carboxylic acids is 1. The molecule has 0 radical (unpaired) electrons. The first-order valence-electron chi connectivity index (χ1n) is 13.2. The van der Waals surface area contributed by atoms with Gasteiger partial charge in [-0.3, -0.25) is 4.57 Å².